The minimum Gasteiger partial charge on any atom is -0.497 e. The molecule has 1 N–H and O–H groups in total. The third kappa shape index (κ3) is 7.31. The summed E-state index contributed by atoms with van der Waals surface area (Å²) in [4.78, 5) is 27.6. The number of carbonyl (C=O) groups excluding carboxylic acids is 2. The van der Waals surface area contributed by atoms with Gasteiger partial charge in [-0.05, 0) is 67.6 Å². The molecule has 0 aromatic heterocycles. The maximum atomic E-state index is 13.2. The van der Waals surface area contributed by atoms with Crippen LogP contribution in [0.2, 0.25) is 0 Å². The zero-order chi connectivity index (χ0) is 22.8. The third-order valence-corrected chi connectivity index (χ3v) is 4.98. The molecular weight excluding hydrogens is 392 g/mol. The third-order valence-electron chi connectivity index (χ3n) is 4.98. The number of amides is 2. The molecule has 6 nitrogen and oxygen atoms in total. The van der Waals surface area contributed by atoms with E-state index in [0.717, 1.165) is 23.1 Å². The lowest BCUT2D eigenvalue weighted by molar-refractivity contribution is -0.143. The highest BCUT2D eigenvalue weighted by Gasteiger charge is 2.28. The molecule has 0 unspecified atom stereocenters. The maximum Gasteiger partial charge on any atom is 0.261 e. The van der Waals surface area contributed by atoms with E-state index in [1.54, 1.807) is 12.0 Å². The molecule has 0 spiro atoms. The van der Waals surface area contributed by atoms with Crippen LogP contribution in [0.5, 0.6) is 11.5 Å². The minimum absolute atomic E-state index is 0.135. The lowest BCUT2D eigenvalue weighted by atomic mass is 10.1. The van der Waals surface area contributed by atoms with Gasteiger partial charge in [0.15, 0.2) is 6.61 Å². The zero-order valence-corrected chi connectivity index (χ0v) is 19.2. The molecule has 31 heavy (non-hydrogen) atoms. The van der Waals surface area contributed by atoms with E-state index in [2.05, 4.69) is 11.4 Å². The number of carbonyl (C=O) groups is 2. The van der Waals surface area contributed by atoms with Gasteiger partial charge in [0.05, 0.1) is 7.11 Å². The molecule has 168 valence electrons. The molecule has 2 aromatic rings. The second-order valence-corrected chi connectivity index (χ2v) is 7.70. The van der Waals surface area contributed by atoms with Gasteiger partial charge in [0.2, 0.25) is 5.91 Å². The van der Waals surface area contributed by atoms with Gasteiger partial charge >= 0.3 is 0 Å². The van der Waals surface area contributed by atoms with Crippen LogP contribution in [0, 0.1) is 13.8 Å². The SMILES string of the molecule is CCCNC(=O)[C@H](CC)N(Cc1cccc(OC)c1)C(=O)COc1cc(C)cc(C)c1. The topological polar surface area (TPSA) is 67.9 Å². The smallest absolute Gasteiger partial charge is 0.261 e. The first kappa shape index (κ1) is 24.3. The summed E-state index contributed by atoms with van der Waals surface area (Å²) in [5.41, 5.74) is 3.03. The molecule has 0 bridgehead atoms. The summed E-state index contributed by atoms with van der Waals surface area (Å²) in [7, 11) is 1.60. The molecule has 2 aromatic carbocycles. The van der Waals surface area contributed by atoms with Crippen LogP contribution in [0.15, 0.2) is 42.5 Å². The number of aryl methyl sites for hydroxylation is 2. The van der Waals surface area contributed by atoms with Crippen molar-refractivity contribution in [2.45, 2.75) is 53.1 Å². The van der Waals surface area contributed by atoms with E-state index in [9.17, 15) is 9.59 Å². The highest BCUT2D eigenvalue weighted by atomic mass is 16.5. The van der Waals surface area contributed by atoms with Crippen molar-refractivity contribution in [2.24, 2.45) is 0 Å². The van der Waals surface area contributed by atoms with E-state index in [1.165, 1.54) is 0 Å². The van der Waals surface area contributed by atoms with Crippen molar-refractivity contribution in [1.82, 2.24) is 10.2 Å². The predicted molar refractivity (Wildman–Crippen MR) is 122 cm³/mol. The average Bonchev–Trinajstić information content (AvgIpc) is 2.75. The molecule has 0 fully saturated rings. The number of hydrogen-bond acceptors (Lipinski definition) is 4. The molecule has 0 aliphatic carbocycles. The Bertz CT molecular complexity index is 861. The number of hydrogen-bond donors (Lipinski definition) is 1. The van der Waals surface area contributed by atoms with Crippen molar-refractivity contribution in [3.63, 3.8) is 0 Å². The highest BCUT2D eigenvalue weighted by Crippen LogP contribution is 2.19. The van der Waals surface area contributed by atoms with Crippen molar-refractivity contribution in [3.05, 3.63) is 59.2 Å². The van der Waals surface area contributed by atoms with E-state index in [0.29, 0.717) is 31.0 Å². The van der Waals surface area contributed by atoms with Gasteiger partial charge in [-0.25, -0.2) is 0 Å². The Balaban J connectivity index is 2.23. The molecule has 2 amide bonds. The highest BCUT2D eigenvalue weighted by molar-refractivity contribution is 5.88. The van der Waals surface area contributed by atoms with Crippen molar-refractivity contribution in [3.8, 4) is 11.5 Å². The lowest BCUT2D eigenvalue weighted by Crippen LogP contribution is -2.50. The normalized spacial score (nSPS) is 11.5. The van der Waals surface area contributed by atoms with E-state index < -0.39 is 6.04 Å². The van der Waals surface area contributed by atoms with E-state index >= 15 is 0 Å². The van der Waals surface area contributed by atoms with Gasteiger partial charge in [-0.2, -0.15) is 0 Å². The van der Waals surface area contributed by atoms with Gasteiger partial charge in [-0.3, -0.25) is 9.59 Å². The van der Waals surface area contributed by atoms with Crippen LogP contribution in [-0.4, -0.2) is 43.0 Å². The van der Waals surface area contributed by atoms with Gasteiger partial charge in [0.25, 0.3) is 5.91 Å². The fraction of sp³-hybridized carbons (Fsp3) is 0.440. The molecule has 1 atom stereocenters. The second kappa shape index (κ2) is 12.0. The molecule has 0 heterocycles. The van der Waals surface area contributed by atoms with Gasteiger partial charge in [-0.15, -0.1) is 0 Å². The summed E-state index contributed by atoms with van der Waals surface area (Å²) in [5.74, 6) is 0.975. The Morgan fingerprint density at radius 3 is 2.35 bits per heavy atom. The summed E-state index contributed by atoms with van der Waals surface area (Å²) in [6.45, 7) is 8.62. The number of methoxy groups -OCH3 is 1. The van der Waals surface area contributed by atoms with Crippen LogP contribution in [0.4, 0.5) is 0 Å². The number of benzene rings is 2. The van der Waals surface area contributed by atoms with Crippen molar-refractivity contribution in [2.75, 3.05) is 20.3 Å². The Kier molecular flexibility index (Phi) is 9.38. The van der Waals surface area contributed by atoms with Crippen LogP contribution in [-0.2, 0) is 16.1 Å². The van der Waals surface area contributed by atoms with Gasteiger partial charge < -0.3 is 19.7 Å². The van der Waals surface area contributed by atoms with Crippen LogP contribution >= 0.6 is 0 Å². The number of nitrogens with zero attached hydrogens (tertiary/aromatic N) is 1. The minimum atomic E-state index is -0.576. The first-order valence-corrected chi connectivity index (χ1v) is 10.8. The summed E-state index contributed by atoms with van der Waals surface area (Å²) in [6, 6.07) is 12.8. The summed E-state index contributed by atoms with van der Waals surface area (Å²) in [6.07, 6.45) is 1.34. The number of rotatable bonds is 11. The first-order chi connectivity index (χ1) is 14.9. The fourth-order valence-corrected chi connectivity index (χ4v) is 3.50. The second-order valence-electron chi connectivity index (χ2n) is 7.70. The number of ether oxygens (including phenoxy) is 2. The quantitative estimate of drug-likeness (QED) is 0.589. The summed E-state index contributed by atoms with van der Waals surface area (Å²) < 4.78 is 11.1. The molecule has 0 aliphatic rings. The van der Waals surface area contributed by atoms with E-state index in [1.807, 2.05) is 64.1 Å². The average molecular weight is 427 g/mol. The van der Waals surface area contributed by atoms with Crippen molar-refractivity contribution in [1.29, 1.82) is 0 Å². The monoisotopic (exact) mass is 426 g/mol. The first-order valence-electron chi connectivity index (χ1n) is 10.8. The van der Waals surface area contributed by atoms with Gasteiger partial charge in [0, 0.05) is 13.1 Å². The molecular formula is C25H34N2O4. The Hall–Kier alpha value is -3.02. The Morgan fingerprint density at radius 2 is 1.74 bits per heavy atom. The fourth-order valence-electron chi connectivity index (χ4n) is 3.50. The van der Waals surface area contributed by atoms with Crippen LogP contribution < -0.4 is 14.8 Å². The lowest BCUT2D eigenvalue weighted by Gasteiger charge is -2.30. The largest absolute Gasteiger partial charge is 0.497 e. The van der Waals surface area contributed by atoms with E-state index in [-0.39, 0.29) is 18.4 Å². The van der Waals surface area contributed by atoms with Crippen molar-refractivity contribution >= 4 is 11.8 Å². The Labute approximate surface area is 185 Å². The Morgan fingerprint density at radius 1 is 1.03 bits per heavy atom. The maximum absolute atomic E-state index is 13.2. The van der Waals surface area contributed by atoms with Crippen LogP contribution in [0.3, 0.4) is 0 Å². The van der Waals surface area contributed by atoms with Crippen LogP contribution in [0.1, 0.15) is 43.4 Å². The summed E-state index contributed by atoms with van der Waals surface area (Å²) >= 11 is 0. The standard InChI is InChI=1S/C25H34N2O4/c1-6-11-26-25(29)23(7-2)27(16-20-9-8-10-21(15-20)30-5)24(28)17-31-22-13-18(3)12-19(4)14-22/h8-10,12-15,23H,6-7,11,16-17H2,1-5H3,(H,26,29)/t23-/m0/s1. The van der Waals surface area contributed by atoms with E-state index in [4.69, 9.17) is 9.47 Å². The van der Waals surface area contributed by atoms with Gasteiger partial charge in [-0.1, -0.05) is 32.0 Å². The molecule has 0 saturated heterocycles. The molecule has 0 radical (unpaired) electrons. The predicted octanol–water partition coefficient (Wildman–Crippen LogP) is 4.02. The summed E-state index contributed by atoms with van der Waals surface area (Å²) in [5, 5.41) is 2.92. The molecule has 0 aliphatic heterocycles. The van der Waals surface area contributed by atoms with Gasteiger partial charge in [0.1, 0.15) is 17.5 Å². The molecule has 6 heteroatoms. The molecule has 2 rings (SSSR count). The number of nitrogens with one attached hydrogen (secondary N) is 1. The molecule has 0 saturated carbocycles. The zero-order valence-electron chi connectivity index (χ0n) is 19.2. The van der Waals surface area contributed by atoms with Crippen molar-refractivity contribution < 1.29 is 19.1 Å². The van der Waals surface area contributed by atoms with Crippen LogP contribution in [0.25, 0.3) is 0 Å².